The fraction of sp³-hybridized carbons (Fsp3) is 0.154. The molecule has 7 heteroatoms. The minimum Gasteiger partial charge on any atom is -0.478 e. The second-order valence-corrected chi connectivity index (χ2v) is 6.46. The second kappa shape index (κ2) is 6.39. The Balaban J connectivity index is 2.37. The number of nitrogens with zero attached hydrogens (tertiary/aromatic N) is 2. The molecule has 1 amide bonds. The summed E-state index contributed by atoms with van der Waals surface area (Å²) in [5.41, 5.74) is 0.726. The molecule has 0 unspecified atom stereocenters. The largest absolute Gasteiger partial charge is 0.478 e. The number of thioether (sulfide) groups is 1. The van der Waals surface area contributed by atoms with Crippen LogP contribution in [0.3, 0.4) is 0 Å². The molecule has 0 aromatic heterocycles. The zero-order valence-corrected chi connectivity index (χ0v) is 13.6. The molecule has 4 nitrogen and oxygen atoms in total. The van der Waals surface area contributed by atoms with Gasteiger partial charge in [-0.15, -0.1) is 0 Å². The number of likely N-dealkylation sites (N-methyl/N-ethyl adjacent to an activating group) is 1. The normalized spacial score (nSPS) is 16.6. The first-order valence-electron chi connectivity index (χ1n) is 5.54. The Hall–Kier alpha value is -1.36. The van der Waals surface area contributed by atoms with Crippen molar-refractivity contribution in [3.63, 3.8) is 0 Å². The van der Waals surface area contributed by atoms with Gasteiger partial charge < -0.3 is 4.74 Å². The van der Waals surface area contributed by atoms with Crippen LogP contribution < -0.4 is 4.74 Å². The van der Waals surface area contributed by atoms with Crippen LogP contribution in [0.1, 0.15) is 5.56 Å². The highest BCUT2D eigenvalue weighted by Gasteiger charge is 2.28. The minimum atomic E-state index is -0.133. The summed E-state index contributed by atoms with van der Waals surface area (Å²) in [6.07, 6.45) is 1.72. The van der Waals surface area contributed by atoms with Gasteiger partial charge in [0.05, 0.1) is 4.91 Å². The number of ether oxygens (including phenoxy) is 1. The van der Waals surface area contributed by atoms with Gasteiger partial charge in [0.1, 0.15) is 16.1 Å². The van der Waals surface area contributed by atoms with Crippen LogP contribution in [-0.2, 0) is 4.79 Å². The predicted octanol–water partition coefficient (Wildman–Crippen LogP) is 3.18. The van der Waals surface area contributed by atoms with Crippen molar-refractivity contribution in [3.05, 3.63) is 33.1 Å². The van der Waals surface area contributed by atoms with Crippen molar-refractivity contribution in [1.82, 2.24) is 4.90 Å². The summed E-state index contributed by atoms with van der Waals surface area (Å²) in [5.74, 6) is 0.419. The third-order valence-corrected chi connectivity index (χ3v) is 4.52. The third-order valence-electron chi connectivity index (χ3n) is 2.54. The zero-order valence-electron chi connectivity index (χ0n) is 10.4. The summed E-state index contributed by atoms with van der Waals surface area (Å²) in [6, 6.07) is 7.31. The van der Waals surface area contributed by atoms with E-state index in [4.69, 9.17) is 22.2 Å². The SMILES string of the molecule is CN1C(=O)/C(=C\c2cc(Br)ccc2OCC#N)SC1=S. The van der Waals surface area contributed by atoms with Crippen molar-refractivity contribution in [2.75, 3.05) is 13.7 Å². The van der Waals surface area contributed by atoms with E-state index >= 15 is 0 Å². The van der Waals surface area contributed by atoms with Gasteiger partial charge in [-0.3, -0.25) is 9.69 Å². The fourth-order valence-electron chi connectivity index (χ4n) is 1.56. The number of benzene rings is 1. The van der Waals surface area contributed by atoms with Crippen molar-refractivity contribution in [2.24, 2.45) is 0 Å². The Morgan fingerprint density at radius 2 is 2.35 bits per heavy atom. The first-order valence-corrected chi connectivity index (χ1v) is 7.55. The van der Waals surface area contributed by atoms with Crippen LogP contribution >= 0.6 is 39.9 Å². The zero-order chi connectivity index (χ0) is 14.7. The van der Waals surface area contributed by atoms with E-state index in [2.05, 4.69) is 15.9 Å². The predicted molar refractivity (Wildman–Crippen MR) is 86.2 cm³/mol. The molecule has 1 aromatic carbocycles. The van der Waals surface area contributed by atoms with Crippen molar-refractivity contribution in [1.29, 1.82) is 5.26 Å². The monoisotopic (exact) mass is 368 g/mol. The number of nitriles is 1. The Kier molecular flexibility index (Phi) is 4.81. The maximum Gasteiger partial charge on any atom is 0.265 e. The maximum absolute atomic E-state index is 12.0. The molecule has 2 rings (SSSR count). The molecule has 0 N–H and O–H groups in total. The van der Waals surface area contributed by atoms with Gasteiger partial charge in [-0.1, -0.05) is 39.9 Å². The van der Waals surface area contributed by atoms with E-state index in [1.807, 2.05) is 18.2 Å². The number of thiocarbonyl (C=S) groups is 1. The first-order chi connectivity index (χ1) is 9.52. The van der Waals surface area contributed by atoms with Gasteiger partial charge in [0, 0.05) is 17.1 Å². The van der Waals surface area contributed by atoms with Crippen LogP contribution in [0.25, 0.3) is 6.08 Å². The molecular formula is C13H9BrN2O2S2. The average Bonchev–Trinajstić information content (AvgIpc) is 2.66. The van der Waals surface area contributed by atoms with E-state index in [0.717, 1.165) is 10.0 Å². The summed E-state index contributed by atoms with van der Waals surface area (Å²) in [4.78, 5) is 13.9. The highest BCUT2D eigenvalue weighted by atomic mass is 79.9. The van der Waals surface area contributed by atoms with Gasteiger partial charge in [-0.25, -0.2) is 0 Å². The van der Waals surface area contributed by atoms with Crippen molar-refractivity contribution >= 4 is 56.2 Å². The molecule has 1 saturated heterocycles. The van der Waals surface area contributed by atoms with Crippen molar-refractivity contribution in [2.45, 2.75) is 0 Å². The number of hydrogen-bond donors (Lipinski definition) is 0. The molecule has 20 heavy (non-hydrogen) atoms. The molecule has 1 aromatic rings. The molecule has 1 aliphatic heterocycles. The topological polar surface area (TPSA) is 53.3 Å². The summed E-state index contributed by atoms with van der Waals surface area (Å²) in [5, 5.41) is 8.59. The van der Waals surface area contributed by atoms with Gasteiger partial charge in [-0.05, 0) is 24.3 Å². The number of rotatable bonds is 3. The summed E-state index contributed by atoms with van der Waals surface area (Å²) in [6.45, 7) is -0.0444. The van der Waals surface area contributed by atoms with Crippen LogP contribution in [0, 0.1) is 11.3 Å². The summed E-state index contributed by atoms with van der Waals surface area (Å²) in [7, 11) is 1.65. The lowest BCUT2D eigenvalue weighted by Gasteiger charge is -2.07. The van der Waals surface area contributed by atoms with Crippen molar-refractivity contribution in [3.8, 4) is 11.8 Å². The molecule has 1 heterocycles. The van der Waals surface area contributed by atoms with E-state index in [9.17, 15) is 4.79 Å². The van der Waals surface area contributed by atoms with Crippen LogP contribution in [0.2, 0.25) is 0 Å². The van der Waals surface area contributed by atoms with E-state index in [0.29, 0.717) is 15.0 Å². The van der Waals surface area contributed by atoms with E-state index in [1.165, 1.54) is 16.7 Å². The number of carbonyl (C=O) groups is 1. The van der Waals surface area contributed by atoms with Gasteiger partial charge >= 0.3 is 0 Å². The fourth-order valence-corrected chi connectivity index (χ4v) is 3.11. The highest BCUT2D eigenvalue weighted by Crippen LogP contribution is 2.34. The molecule has 1 aliphatic rings. The summed E-state index contributed by atoms with van der Waals surface area (Å²) >= 11 is 9.71. The molecule has 0 radical (unpaired) electrons. The molecule has 0 atom stereocenters. The van der Waals surface area contributed by atoms with Crippen LogP contribution in [0.15, 0.2) is 27.6 Å². The lowest BCUT2D eigenvalue weighted by atomic mass is 10.2. The number of halogens is 1. The Labute approximate surface area is 134 Å². The first kappa shape index (κ1) is 15.0. The van der Waals surface area contributed by atoms with Crippen LogP contribution in [0.5, 0.6) is 5.75 Å². The molecule has 0 aliphatic carbocycles. The minimum absolute atomic E-state index is 0.0444. The summed E-state index contributed by atoms with van der Waals surface area (Å²) < 4.78 is 6.73. The molecule has 0 bridgehead atoms. The van der Waals surface area contributed by atoms with E-state index < -0.39 is 0 Å². The molecule has 102 valence electrons. The third kappa shape index (κ3) is 3.20. The van der Waals surface area contributed by atoms with E-state index in [1.54, 1.807) is 19.2 Å². The highest BCUT2D eigenvalue weighted by molar-refractivity contribution is 9.10. The van der Waals surface area contributed by atoms with Gasteiger partial charge in [0.15, 0.2) is 6.61 Å². The van der Waals surface area contributed by atoms with Gasteiger partial charge in [0.2, 0.25) is 0 Å². The molecular weight excluding hydrogens is 360 g/mol. The molecule has 1 fully saturated rings. The maximum atomic E-state index is 12.0. The molecule has 0 saturated carbocycles. The Bertz CT molecular complexity index is 652. The second-order valence-electron chi connectivity index (χ2n) is 3.87. The van der Waals surface area contributed by atoms with Crippen molar-refractivity contribution < 1.29 is 9.53 Å². The van der Waals surface area contributed by atoms with Gasteiger partial charge in [-0.2, -0.15) is 5.26 Å². The van der Waals surface area contributed by atoms with Crippen LogP contribution in [-0.4, -0.2) is 28.8 Å². The quantitative estimate of drug-likeness (QED) is 0.605. The average molecular weight is 369 g/mol. The smallest absolute Gasteiger partial charge is 0.265 e. The lowest BCUT2D eigenvalue weighted by Crippen LogP contribution is -2.22. The Morgan fingerprint density at radius 1 is 1.60 bits per heavy atom. The Morgan fingerprint density at radius 3 is 2.95 bits per heavy atom. The number of carbonyl (C=O) groups excluding carboxylic acids is 1. The van der Waals surface area contributed by atoms with E-state index in [-0.39, 0.29) is 12.5 Å². The van der Waals surface area contributed by atoms with Gasteiger partial charge in [0.25, 0.3) is 5.91 Å². The number of amides is 1. The van der Waals surface area contributed by atoms with Crippen LogP contribution in [0.4, 0.5) is 0 Å². The number of hydrogen-bond acceptors (Lipinski definition) is 5. The standard InChI is InChI=1S/C13H9BrN2O2S2/c1-16-12(17)11(20-13(16)19)7-8-6-9(14)2-3-10(8)18-5-4-15/h2-3,6-7H,5H2,1H3/b11-7+. The molecule has 0 spiro atoms. The lowest BCUT2D eigenvalue weighted by molar-refractivity contribution is -0.121.